The highest BCUT2D eigenvalue weighted by atomic mass is 16.2. The van der Waals surface area contributed by atoms with E-state index < -0.39 is 0 Å². The maximum atomic E-state index is 12.8. The molecule has 0 aromatic heterocycles. The molecular formula is C21H30N2O2. The van der Waals surface area contributed by atoms with Crippen LogP contribution in [0.25, 0.3) is 0 Å². The summed E-state index contributed by atoms with van der Waals surface area (Å²) in [6.45, 7) is 1.64. The van der Waals surface area contributed by atoms with E-state index in [1.807, 2.05) is 29.2 Å². The Labute approximate surface area is 151 Å². The zero-order chi connectivity index (χ0) is 17.5. The van der Waals surface area contributed by atoms with Crippen LogP contribution in [0.5, 0.6) is 0 Å². The van der Waals surface area contributed by atoms with Crippen molar-refractivity contribution in [3.63, 3.8) is 0 Å². The molecule has 4 heteroatoms. The number of carbonyl (C=O) groups excluding carboxylic acids is 2. The Bertz CT molecular complexity index is 587. The largest absolute Gasteiger partial charge is 0.339 e. The highest BCUT2D eigenvalue weighted by molar-refractivity contribution is 6.03. The van der Waals surface area contributed by atoms with Crippen molar-refractivity contribution in [2.24, 2.45) is 5.92 Å². The number of rotatable bonds is 5. The summed E-state index contributed by atoms with van der Waals surface area (Å²) in [5.41, 5.74) is 1.28. The van der Waals surface area contributed by atoms with Gasteiger partial charge in [0.05, 0.1) is 11.3 Å². The van der Waals surface area contributed by atoms with E-state index in [-0.39, 0.29) is 11.8 Å². The Morgan fingerprint density at radius 2 is 1.64 bits per heavy atom. The lowest BCUT2D eigenvalue weighted by atomic mass is 9.86. The van der Waals surface area contributed by atoms with E-state index in [9.17, 15) is 9.59 Å². The van der Waals surface area contributed by atoms with Crippen LogP contribution in [0.3, 0.4) is 0 Å². The molecule has 4 nitrogen and oxygen atoms in total. The molecule has 1 N–H and O–H groups in total. The first kappa shape index (κ1) is 18.0. The smallest absolute Gasteiger partial charge is 0.255 e. The van der Waals surface area contributed by atoms with E-state index in [1.165, 1.54) is 38.5 Å². The minimum Gasteiger partial charge on any atom is -0.339 e. The topological polar surface area (TPSA) is 49.4 Å². The number of amides is 2. The van der Waals surface area contributed by atoms with Gasteiger partial charge in [0.1, 0.15) is 0 Å². The SMILES string of the molecule is O=C(CCC1CCCCC1)Nc1ccccc1C(=O)N1CCCCC1. The van der Waals surface area contributed by atoms with Crippen LogP contribution in [0.1, 0.15) is 74.6 Å². The molecule has 1 aromatic carbocycles. The van der Waals surface area contributed by atoms with Gasteiger partial charge in [-0.2, -0.15) is 0 Å². The van der Waals surface area contributed by atoms with Gasteiger partial charge in [-0.1, -0.05) is 44.2 Å². The summed E-state index contributed by atoms with van der Waals surface area (Å²) in [6, 6.07) is 7.42. The molecule has 0 radical (unpaired) electrons. The molecule has 2 fully saturated rings. The van der Waals surface area contributed by atoms with E-state index in [0.717, 1.165) is 32.4 Å². The number of para-hydroxylation sites is 1. The molecule has 2 amide bonds. The van der Waals surface area contributed by atoms with Crippen molar-refractivity contribution in [3.8, 4) is 0 Å². The van der Waals surface area contributed by atoms with Crippen molar-refractivity contribution >= 4 is 17.5 Å². The third-order valence-electron chi connectivity index (χ3n) is 5.58. The second kappa shape index (κ2) is 9.02. The van der Waals surface area contributed by atoms with E-state index in [0.29, 0.717) is 23.6 Å². The maximum Gasteiger partial charge on any atom is 0.255 e. The fourth-order valence-electron chi connectivity index (χ4n) is 4.07. The van der Waals surface area contributed by atoms with Gasteiger partial charge in [-0.25, -0.2) is 0 Å². The molecule has 0 bridgehead atoms. The van der Waals surface area contributed by atoms with Gasteiger partial charge in [-0.05, 0) is 43.7 Å². The fourth-order valence-corrected chi connectivity index (χ4v) is 4.07. The van der Waals surface area contributed by atoms with Crippen LogP contribution in [-0.2, 0) is 4.79 Å². The first-order valence-electron chi connectivity index (χ1n) is 9.92. The minimum atomic E-state index is 0.0319. The number of piperidine rings is 1. The van der Waals surface area contributed by atoms with Gasteiger partial charge in [0.2, 0.25) is 5.91 Å². The predicted octanol–water partition coefficient (Wildman–Crippen LogP) is 4.61. The molecule has 2 aliphatic rings. The van der Waals surface area contributed by atoms with Crippen molar-refractivity contribution in [2.45, 2.75) is 64.2 Å². The van der Waals surface area contributed by atoms with Gasteiger partial charge < -0.3 is 10.2 Å². The number of hydrogen-bond acceptors (Lipinski definition) is 2. The summed E-state index contributed by atoms with van der Waals surface area (Å²) >= 11 is 0. The number of likely N-dealkylation sites (tertiary alicyclic amines) is 1. The lowest BCUT2D eigenvalue weighted by Crippen LogP contribution is -2.36. The van der Waals surface area contributed by atoms with Crippen LogP contribution in [0.2, 0.25) is 0 Å². The predicted molar refractivity (Wildman–Crippen MR) is 101 cm³/mol. The molecular weight excluding hydrogens is 312 g/mol. The van der Waals surface area contributed by atoms with Crippen LogP contribution in [0.15, 0.2) is 24.3 Å². The van der Waals surface area contributed by atoms with Gasteiger partial charge in [0, 0.05) is 19.5 Å². The fraction of sp³-hybridized carbons (Fsp3) is 0.619. The lowest BCUT2D eigenvalue weighted by Gasteiger charge is -2.27. The zero-order valence-corrected chi connectivity index (χ0v) is 15.1. The summed E-state index contributed by atoms with van der Waals surface area (Å²) in [4.78, 5) is 27.1. The van der Waals surface area contributed by atoms with E-state index >= 15 is 0 Å². The number of benzene rings is 1. The summed E-state index contributed by atoms with van der Waals surface area (Å²) in [7, 11) is 0. The van der Waals surface area contributed by atoms with Gasteiger partial charge in [-0.3, -0.25) is 9.59 Å². The van der Waals surface area contributed by atoms with Crippen LogP contribution in [-0.4, -0.2) is 29.8 Å². The number of nitrogens with zero attached hydrogens (tertiary/aromatic N) is 1. The molecule has 1 heterocycles. The van der Waals surface area contributed by atoms with Gasteiger partial charge in [0.25, 0.3) is 5.91 Å². The van der Waals surface area contributed by atoms with Crippen molar-refractivity contribution in [3.05, 3.63) is 29.8 Å². The molecule has 1 saturated carbocycles. The molecule has 1 aliphatic carbocycles. The summed E-state index contributed by atoms with van der Waals surface area (Å²) < 4.78 is 0. The average molecular weight is 342 g/mol. The molecule has 0 atom stereocenters. The Morgan fingerprint density at radius 3 is 2.40 bits per heavy atom. The monoisotopic (exact) mass is 342 g/mol. The lowest BCUT2D eigenvalue weighted by molar-refractivity contribution is -0.116. The van der Waals surface area contributed by atoms with E-state index in [2.05, 4.69) is 5.32 Å². The Kier molecular flexibility index (Phi) is 6.48. The molecule has 0 spiro atoms. The van der Waals surface area contributed by atoms with Gasteiger partial charge in [-0.15, -0.1) is 0 Å². The number of nitrogens with one attached hydrogen (secondary N) is 1. The van der Waals surface area contributed by atoms with Crippen LogP contribution in [0, 0.1) is 5.92 Å². The van der Waals surface area contributed by atoms with Crippen LogP contribution < -0.4 is 5.32 Å². The summed E-state index contributed by atoms with van der Waals surface area (Å²) in [5, 5.41) is 2.98. The second-order valence-corrected chi connectivity index (χ2v) is 7.49. The van der Waals surface area contributed by atoms with Gasteiger partial charge >= 0.3 is 0 Å². The van der Waals surface area contributed by atoms with Crippen molar-refractivity contribution in [2.75, 3.05) is 18.4 Å². The number of anilines is 1. The molecule has 3 rings (SSSR count). The van der Waals surface area contributed by atoms with Crippen LogP contribution >= 0.6 is 0 Å². The standard InChI is InChI=1S/C21H30N2O2/c24-20(14-13-17-9-3-1-4-10-17)22-19-12-6-5-11-18(19)21(25)23-15-7-2-8-16-23/h5-6,11-12,17H,1-4,7-10,13-16H2,(H,22,24). The van der Waals surface area contributed by atoms with E-state index in [1.54, 1.807) is 0 Å². The highest BCUT2D eigenvalue weighted by Gasteiger charge is 2.21. The Hall–Kier alpha value is -1.84. The maximum absolute atomic E-state index is 12.8. The molecule has 1 saturated heterocycles. The molecule has 0 unspecified atom stereocenters. The highest BCUT2D eigenvalue weighted by Crippen LogP contribution is 2.27. The number of hydrogen-bond donors (Lipinski definition) is 1. The summed E-state index contributed by atoms with van der Waals surface area (Å²) in [6.07, 6.45) is 11.3. The Morgan fingerprint density at radius 1 is 0.960 bits per heavy atom. The molecule has 136 valence electrons. The normalized spacial score (nSPS) is 18.8. The van der Waals surface area contributed by atoms with Crippen molar-refractivity contribution in [1.82, 2.24) is 4.90 Å². The quantitative estimate of drug-likeness (QED) is 0.849. The zero-order valence-electron chi connectivity index (χ0n) is 15.1. The van der Waals surface area contributed by atoms with Crippen LogP contribution in [0.4, 0.5) is 5.69 Å². The van der Waals surface area contributed by atoms with Crippen molar-refractivity contribution in [1.29, 1.82) is 0 Å². The molecule has 1 aliphatic heterocycles. The third-order valence-corrected chi connectivity index (χ3v) is 5.58. The Balaban J connectivity index is 1.58. The van der Waals surface area contributed by atoms with Crippen molar-refractivity contribution < 1.29 is 9.59 Å². The molecule has 1 aromatic rings. The third kappa shape index (κ3) is 5.07. The van der Waals surface area contributed by atoms with E-state index in [4.69, 9.17) is 0 Å². The second-order valence-electron chi connectivity index (χ2n) is 7.49. The molecule has 25 heavy (non-hydrogen) atoms. The number of carbonyl (C=O) groups is 2. The first-order valence-corrected chi connectivity index (χ1v) is 9.92. The van der Waals surface area contributed by atoms with Gasteiger partial charge in [0.15, 0.2) is 0 Å². The minimum absolute atomic E-state index is 0.0319. The average Bonchev–Trinajstić information content (AvgIpc) is 2.68. The summed E-state index contributed by atoms with van der Waals surface area (Å²) in [5.74, 6) is 0.775. The first-order chi connectivity index (χ1) is 12.2.